The van der Waals surface area contributed by atoms with E-state index in [1.807, 2.05) is 12.1 Å². The maximum absolute atomic E-state index is 11.0. The van der Waals surface area contributed by atoms with Crippen molar-refractivity contribution in [1.29, 1.82) is 0 Å². The highest BCUT2D eigenvalue weighted by Crippen LogP contribution is 2.62. The van der Waals surface area contributed by atoms with Gasteiger partial charge in [0.15, 0.2) is 0 Å². The van der Waals surface area contributed by atoms with Crippen LogP contribution in [0.25, 0.3) is 0 Å². The molecule has 0 radical (unpaired) electrons. The average molecular weight is 267 g/mol. The number of hydrogen-bond acceptors (Lipinski definition) is 1. The maximum Gasteiger partial charge on any atom is 0.307 e. The van der Waals surface area contributed by atoms with Crippen molar-refractivity contribution < 1.29 is 9.90 Å². The van der Waals surface area contributed by atoms with Crippen LogP contribution in [0.3, 0.4) is 0 Å². The van der Waals surface area contributed by atoms with Gasteiger partial charge in [-0.25, -0.2) is 0 Å². The summed E-state index contributed by atoms with van der Waals surface area (Å²) < 4.78 is 1.13. The van der Waals surface area contributed by atoms with E-state index < -0.39 is 5.97 Å². The SMILES string of the molecule is O=C(O)C1CC12CCc1c(Br)cccc12. The highest BCUT2D eigenvalue weighted by atomic mass is 79.9. The zero-order valence-electron chi connectivity index (χ0n) is 8.16. The molecule has 2 unspecified atom stereocenters. The molecular formula is C12H11BrO2. The van der Waals surface area contributed by atoms with Crippen LogP contribution in [-0.4, -0.2) is 11.1 Å². The Kier molecular flexibility index (Phi) is 1.78. The first kappa shape index (κ1) is 9.40. The van der Waals surface area contributed by atoms with E-state index in [1.54, 1.807) is 0 Å². The predicted octanol–water partition coefficient (Wildman–Crippen LogP) is 2.74. The van der Waals surface area contributed by atoms with E-state index in [1.165, 1.54) is 11.1 Å². The Morgan fingerprint density at radius 1 is 1.53 bits per heavy atom. The summed E-state index contributed by atoms with van der Waals surface area (Å²) in [6, 6.07) is 6.14. The molecule has 15 heavy (non-hydrogen) atoms. The summed E-state index contributed by atoms with van der Waals surface area (Å²) in [5.41, 5.74) is 2.57. The van der Waals surface area contributed by atoms with Crippen molar-refractivity contribution in [3.63, 3.8) is 0 Å². The van der Waals surface area contributed by atoms with Crippen LogP contribution in [0.15, 0.2) is 22.7 Å². The first-order chi connectivity index (χ1) is 7.15. The molecule has 0 amide bonds. The maximum atomic E-state index is 11.0. The standard InChI is InChI=1S/C12H11BrO2/c13-10-3-1-2-8-7(10)4-5-12(8)6-9(12)11(14)15/h1-3,9H,4-6H2,(H,14,15). The lowest BCUT2D eigenvalue weighted by atomic mass is 9.95. The third-order valence-corrected chi connectivity index (χ3v) is 4.59. The fraction of sp³-hybridized carbons (Fsp3) is 0.417. The minimum atomic E-state index is -0.636. The van der Waals surface area contributed by atoms with Gasteiger partial charge in [0, 0.05) is 9.89 Å². The Balaban J connectivity index is 2.08. The summed E-state index contributed by atoms with van der Waals surface area (Å²) in [6.45, 7) is 0. The lowest BCUT2D eigenvalue weighted by Gasteiger charge is -2.09. The molecular weight excluding hydrogens is 256 g/mol. The summed E-state index contributed by atoms with van der Waals surface area (Å²) in [6.07, 6.45) is 2.84. The lowest BCUT2D eigenvalue weighted by molar-refractivity contribution is -0.139. The van der Waals surface area contributed by atoms with E-state index in [-0.39, 0.29) is 11.3 Å². The number of aliphatic carboxylic acids is 1. The molecule has 1 saturated carbocycles. The van der Waals surface area contributed by atoms with Crippen LogP contribution in [0, 0.1) is 5.92 Å². The van der Waals surface area contributed by atoms with Gasteiger partial charge in [-0.2, -0.15) is 0 Å². The summed E-state index contributed by atoms with van der Waals surface area (Å²) in [7, 11) is 0. The molecule has 0 saturated heterocycles. The Morgan fingerprint density at radius 2 is 2.33 bits per heavy atom. The lowest BCUT2D eigenvalue weighted by Crippen LogP contribution is -2.11. The molecule has 1 aromatic rings. The number of carboxylic acids is 1. The largest absolute Gasteiger partial charge is 0.481 e. The Hall–Kier alpha value is -0.830. The predicted molar refractivity (Wildman–Crippen MR) is 59.9 cm³/mol. The molecule has 1 N–H and O–H groups in total. The van der Waals surface area contributed by atoms with Crippen molar-refractivity contribution in [2.75, 3.05) is 0 Å². The van der Waals surface area contributed by atoms with Gasteiger partial charge >= 0.3 is 5.97 Å². The number of carbonyl (C=O) groups is 1. The third kappa shape index (κ3) is 1.13. The van der Waals surface area contributed by atoms with Crippen LogP contribution in [0.1, 0.15) is 24.0 Å². The van der Waals surface area contributed by atoms with Crippen molar-refractivity contribution in [1.82, 2.24) is 0 Å². The van der Waals surface area contributed by atoms with Crippen molar-refractivity contribution in [3.05, 3.63) is 33.8 Å². The monoisotopic (exact) mass is 266 g/mol. The Bertz CT molecular complexity index is 455. The van der Waals surface area contributed by atoms with Gasteiger partial charge < -0.3 is 5.11 Å². The molecule has 1 aromatic carbocycles. The molecule has 2 aliphatic rings. The molecule has 3 rings (SSSR count). The molecule has 78 valence electrons. The van der Waals surface area contributed by atoms with Gasteiger partial charge in [0.25, 0.3) is 0 Å². The number of rotatable bonds is 1. The summed E-state index contributed by atoms with van der Waals surface area (Å²) in [4.78, 5) is 11.0. The second-order valence-corrected chi connectivity index (χ2v) is 5.37. The molecule has 2 atom stereocenters. The van der Waals surface area contributed by atoms with Gasteiger partial charge in [-0.1, -0.05) is 28.1 Å². The van der Waals surface area contributed by atoms with Crippen molar-refractivity contribution >= 4 is 21.9 Å². The van der Waals surface area contributed by atoms with Gasteiger partial charge in [-0.15, -0.1) is 0 Å². The van der Waals surface area contributed by atoms with Crippen LogP contribution < -0.4 is 0 Å². The fourth-order valence-corrected chi connectivity index (χ4v) is 3.53. The number of halogens is 1. The number of hydrogen-bond donors (Lipinski definition) is 1. The molecule has 1 fully saturated rings. The summed E-state index contributed by atoms with van der Waals surface area (Å²) in [5, 5.41) is 9.06. The zero-order chi connectivity index (χ0) is 10.6. The summed E-state index contributed by atoms with van der Waals surface area (Å²) >= 11 is 3.54. The van der Waals surface area contributed by atoms with Gasteiger partial charge in [0.1, 0.15) is 0 Å². The molecule has 1 spiro atoms. The third-order valence-electron chi connectivity index (χ3n) is 3.85. The molecule has 3 heteroatoms. The van der Waals surface area contributed by atoms with Crippen molar-refractivity contribution in [2.24, 2.45) is 5.92 Å². The first-order valence-electron chi connectivity index (χ1n) is 5.16. The van der Waals surface area contributed by atoms with Gasteiger partial charge in [-0.05, 0) is 36.5 Å². The van der Waals surface area contributed by atoms with Gasteiger partial charge in [0.2, 0.25) is 0 Å². The minimum Gasteiger partial charge on any atom is -0.481 e. The van der Waals surface area contributed by atoms with Crippen LogP contribution in [0.4, 0.5) is 0 Å². The van der Waals surface area contributed by atoms with Crippen LogP contribution >= 0.6 is 15.9 Å². The fourth-order valence-electron chi connectivity index (χ4n) is 2.96. The zero-order valence-corrected chi connectivity index (χ0v) is 9.75. The van der Waals surface area contributed by atoms with E-state index in [0.29, 0.717) is 0 Å². The smallest absolute Gasteiger partial charge is 0.307 e. The van der Waals surface area contributed by atoms with Gasteiger partial charge in [-0.3, -0.25) is 4.79 Å². The molecule has 2 aliphatic carbocycles. The average Bonchev–Trinajstić information content (AvgIpc) is 2.79. The van der Waals surface area contributed by atoms with Crippen LogP contribution in [-0.2, 0) is 16.6 Å². The number of carboxylic acid groups (broad SMARTS) is 1. The highest BCUT2D eigenvalue weighted by Gasteiger charge is 2.61. The second-order valence-electron chi connectivity index (χ2n) is 4.52. The molecule has 0 bridgehead atoms. The van der Waals surface area contributed by atoms with E-state index in [0.717, 1.165) is 23.7 Å². The molecule has 2 nitrogen and oxygen atoms in total. The molecule has 0 aliphatic heterocycles. The van der Waals surface area contributed by atoms with E-state index >= 15 is 0 Å². The quantitative estimate of drug-likeness (QED) is 0.849. The highest BCUT2D eigenvalue weighted by molar-refractivity contribution is 9.10. The summed E-state index contributed by atoms with van der Waals surface area (Å²) in [5.74, 6) is -0.782. The molecule has 0 heterocycles. The van der Waals surface area contributed by atoms with Gasteiger partial charge in [0.05, 0.1) is 5.92 Å². The van der Waals surface area contributed by atoms with Crippen LogP contribution in [0.5, 0.6) is 0 Å². The van der Waals surface area contributed by atoms with E-state index in [4.69, 9.17) is 5.11 Å². The van der Waals surface area contributed by atoms with Crippen LogP contribution in [0.2, 0.25) is 0 Å². The van der Waals surface area contributed by atoms with Crippen molar-refractivity contribution in [2.45, 2.75) is 24.7 Å². The normalized spacial score (nSPS) is 31.7. The molecule has 0 aromatic heterocycles. The van der Waals surface area contributed by atoms with E-state index in [2.05, 4.69) is 22.0 Å². The second kappa shape index (κ2) is 2.85. The van der Waals surface area contributed by atoms with Crippen molar-refractivity contribution in [3.8, 4) is 0 Å². The minimum absolute atomic E-state index is 0.0229. The Morgan fingerprint density at radius 3 is 3.00 bits per heavy atom. The number of benzene rings is 1. The first-order valence-corrected chi connectivity index (χ1v) is 5.95. The topological polar surface area (TPSA) is 37.3 Å². The van der Waals surface area contributed by atoms with E-state index in [9.17, 15) is 4.79 Å². The Labute approximate surface area is 96.4 Å². The number of fused-ring (bicyclic) bond motifs is 2.